The summed E-state index contributed by atoms with van der Waals surface area (Å²) in [6.07, 6.45) is 1.25. The van der Waals surface area contributed by atoms with Crippen LogP contribution in [0.4, 0.5) is 0 Å². The first kappa shape index (κ1) is 15.0. The van der Waals surface area contributed by atoms with Gasteiger partial charge < -0.3 is 4.52 Å². The lowest BCUT2D eigenvalue weighted by atomic mass is 9.89. The standard InChI is InChI=1S/C17H27OP/c1-11(2)14-9-15(12(3)4)17(19-8-7-18-19)16(10-14)13(5)6/h9-13H,7-8H2,1-6H3. The Morgan fingerprint density at radius 3 is 1.63 bits per heavy atom. The highest BCUT2D eigenvalue weighted by Gasteiger charge is 2.28. The predicted octanol–water partition coefficient (Wildman–Crippen LogP) is 5.11. The highest BCUT2D eigenvalue weighted by atomic mass is 31.1. The summed E-state index contributed by atoms with van der Waals surface area (Å²) in [5.41, 5.74) is 4.54. The van der Waals surface area contributed by atoms with E-state index in [4.69, 9.17) is 4.52 Å². The van der Waals surface area contributed by atoms with E-state index >= 15 is 0 Å². The second kappa shape index (κ2) is 5.94. The van der Waals surface area contributed by atoms with Crippen LogP contribution in [0.2, 0.25) is 0 Å². The lowest BCUT2D eigenvalue weighted by Crippen LogP contribution is -2.26. The van der Waals surface area contributed by atoms with Gasteiger partial charge in [0, 0.05) is 11.5 Å². The zero-order valence-electron chi connectivity index (χ0n) is 13.2. The van der Waals surface area contributed by atoms with Crippen LogP contribution in [-0.4, -0.2) is 12.8 Å². The van der Waals surface area contributed by atoms with Crippen LogP contribution in [0.15, 0.2) is 12.1 Å². The fraction of sp³-hybridized carbons (Fsp3) is 0.647. The first-order chi connectivity index (χ1) is 8.91. The first-order valence-corrected chi connectivity index (χ1v) is 8.94. The summed E-state index contributed by atoms with van der Waals surface area (Å²) >= 11 is 0. The van der Waals surface area contributed by atoms with Crippen LogP contribution in [0.25, 0.3) is 0 Å². The van der Waals surface area contributed by atoms with Gasteiger partial charge in [-0.3, -0.25) is 0 Å². The van der Waals surface area contributed by atoms with E-state index in [9.17, 15) is 0 Å². The summed E-state index contributed by atoms with van der Waals surface area (Å²) in [5.74, 6) is 1.76. The number of hydrogen-bond donors (Lipinski definition) is 0. The average molecular weight is 278 g/mol. The Hall–Kier alpha value is -0.390. The van der Waals surface area contributed by atoms with Crippen molar-refractivity contribution in [2.75, 3.05) is 12.8 Å². The normalized spacial score (nSPS) is 19.3. The minimum Gasteiger partial charge on any atom is -0.354 e. The summed E-state index contributed by atoms with van der Waals surface area (Å²) in [4.78, 5) is 0. The van der Waals surface area contributed by atoms with Gasteiger partial charge in [-0.15, -0.1) is 0 Å². The van der Waals surface area contributed by atoms with Gasteiger partial charge in [-0.1, -0.05) is 53.7 Å². The van der Waals surface area contributed by atoms with Crippen LogP contribution in [0.3, 0.4) is 0 Å². The molecule has 1 fully saturated rings. The second-order valence-electron chi connectivity index (χ2n) is 6.45. The monoisotopic (exact) mass is 278 g/mol. The summed E-state index contributed by atoms with van der Waals surface area (Å²) < 4.78 is 5.86. The maximum atomic E-state index is 5.86. The molecule has 1 aliphatic heterocycles. The smallest absolute Gasteiger partial charge is 0.0632 e. The molecule has 1 aromatic carbocycles. The van der Waals surface area contributed by atoms with Crippen molar-refractivity contribution in [3.05, 3.63) is 28.8 Å². The van der Waals surface area contributed by atoms with Crippen LogP contribution >= 0.6 is 8.15 Å². The summed E-state index contributed by atoms with van der Waals surface area (Å²) in [5, 5.41) is 1.55. The molecule has 0 spiro atoms. The van der Waals surface area contributed by atoms with Gasteiger partial charge in [0.1, 0.15) is 0 Å². The van der Waals surface area contributed by atoms with Gasteiger partial charge in [0.2, 0.25) is 0 Å². The zero-order chi connectivity index (χ0) is 14.2. The minimum atomic E-state index is -0.331. The van der Waals surface area contributed by atoms with Crippen molar-refractivity contribution < 1.29 is 4.52 Å². The Balaban J connectivity index is 2.59. The molecule has 0 bridgehead atoms. The van der Waals surface area contributed by atoms with Crippen LogP contribution in [0, 0.1) is 0 Å². The fourth-order valence-corrected chi connectivity index (χ4v) is 4.50. The molecular weight excluding hydrogens is 251 g/mol. The van der Waals surface area contributed by atoms with Gasteiger partial charge in [-0.2, -0.15) is 0 Å². The molecule has 106 valence electrons. The Bertz CT molecular complexity index is 416. The maximum absolute atomic E-state index is 5.86. The van der Waals surface area contributed by atoms with Gasteiger partial charge >= 0.3 is 0 Å². The molecular formula is C17H27OP. The highest BCUT2D eigenvalue weighted by Crippen LogP contribution is 2.47. The topological polar surface area (TPSA) is 9.23 Å². The van der Waals surface area contributed by atoms with Crippen molar-refractivity contribution in [1.82, 2.24) is 0 Å². The predicted molar refractivity (Wildman–Crippen MR) is 86.1 cm³/mol. The molecule has 2 heteroatoms. The van der Waals surface area contributed by atoms with Gasteiger partial charge in [-0.05, 0) is 34.4 Å². The molecule has 1 heterocycles. The SMILES string of the molecule is CC(C)c1cc(C(C)C)c(P2CCO2)c(C(C)C)c1. The number of rotatable bonds is 4. The molecule has 0 amide bonds. The average Bonchev–Trinajstić information content (AvgIpc) is 2.25. The number of benzene rings is 1. The summed E-state index contributed by atoms with van der Waals surface area (Å²) in [7, 11) is -0.331. The van der Waals surface area contributed by atoms with Crippen LogP contribution in [-0.2, 0) is 4.52 Å². The van der Waals surface area contributed by atoms with Crippen LogP contribution < -0.4 is 5.30 Å². The molecule has 1 unspecified atom stereocenters. The minimum absolute atomic E-state index is 0.331. The van der Waals surface area contributed by atoms with Gasteiger partial charge in [0.05, 0.1) is 14.8 Å². The molecule has 2 rings (SSSR count). The zero-order valence-corrected chi connectivity index (χ0v) is 14.1. The highest BCUT2D eigenvalue weighted by molar-refractivity contribution is 7.62. The van der Waals surface area contributed by atoms with Crippen molar-refractivity contribution in [1.29, 1.82) is 0 Å². The molecule has 0 aliphatic carbocycles. The van der Waals surface area contributed by atoms with E-state index in [1.807, 2.05) is 0 Å². The van der Waals surface area contributed by atoms with Crippen molar-refractivity contribution in [2.24, 2.45) is 0 Å². The van der Waals surface area contributed by atoms with Crippen LogP contribution in [0.1, 0.15) is 76.0 Å². The molecule has 0 N–H and O–H groups in total. The second-order valence-corrected chi connectivity index (χ2v) is 8.36. The van der Waals surface area contributed by atoms with E-state index in [1.54, 1.807) is 5.30 Å². The Morgan fingerprint density at radius 1 is 0.895 bits per heavy atom. The lowest BCUT2D eigenvalue weighted by molar-refractivity contribution is 0.335. The lowest BCUT2D eigenvalue weighted by Gasteiger charge is -2.33. The third-order valence-corrected chi connectivity index (χ3v) is 5.99. The van der Waals surface area contributed by atoms with Crippen molar-refractivity contribution >= 4 is 13.5 Å². The van der Waals surface area contributed by atoms with Crippen molar-refractivity contribution in [3.8, 4) is 0 Å². The Labute approximate surface area is 119 Å². The van der Waals surface area contributed by atoms with E-state index < -0.39 is 0 Å². The van der Waals surface area contributed by atoms with Crippen LogP contribution in [0.5, 0.6) is 0 Å². The van der Waals surface area contributed by atoms with Crippen molar-refractivity contribution in [3.63, 3.8) is 0 Å². The van der Waals surface area contributed by atoms with Gasteiger partial charge in [0.25, 0.3) is 0 Å². The largest absolute Gasteiger partial charge is 0.354 e. The van der Waals surface area contributed by atoms with E-state index in [-0.39, 0.29) is 8.15 Å². The molecule has 1 aliphatic rings. The first-order valence-electron chi connectivity index (χ1n) is 7.50. The maximum Gasteiger partial charge on any atom is 0.0632 e. The summed E-state index contributed by atoms with van der Waals surface area (Å²) in [6.45, 7) is 14.8. The van der Waals surface area contributed by atoms with Gasteiger partial charge in [0.15, 0.2) is 0 Å². The number of hydrogen-bond acceptors (Lipinski definition) is 1. The molecule has 1 nitrogen and oxygen atoms in total. The third kappa shape index (κ3) is 3.03. The Morgan fingerprint density at radius 2 is 1.37 bits per heavy atom. The molecule has 0 saturated carbocycles. The van der Waals surface area contributed by atoms with E-state index in [1.165, 1.54) is 22.9 Å². The third-order valence-electron chi connectivity index (χ3n) is 3.89. The molecule has 0 radical (unpaired) electrons. The summed E-state index contributed by atoms with van der Waals surface area (Å²) in [6, 6.07) is 4.86. The Kier molecular flexibility index (Phi) is 4.69. The molecule has 1 aromatic rings. The quantitative estimate of drug-likeness (QED) is 0.695. The molecule has 1 saturated heterocycles. The molecule has 1 atom stereocenters. The van der Waals surface area contributed by atoms with E-state index in [0.29, 0.717) is 17.8 Å². The van der Waals surface area contributed by atoms with E-state index in [2.05, 4.69) is 53.7 Å². The molecule has 19 heavy (non-hydrogen) atoms. The fourth-order valence-electron chi connectivity index (χ4n) is 2.56. The van der Waals surface area contributed by atoms with Gasteiger partial charge in [-0.25, -0.2) is 0 Å². The van der Waals surface area contributed by atoms with E-state index in [0.717, 1.165) is 6.61 Å². The molecule has 0 aromatic heterocycles. The van der Waals surface area contributed by atoms with Crippen molar-refractivity contribution in [2.45, 2.75) is 59.3 Å².